The summed E-state index contributed by atoms with van der Waals surface area (Å²) in [6, 6.07) is 11.9. The number of aromatic nitrogens is 1. The van der Waals surface area contributed by atoms with Crippen LogP contribution in [0, 0.1) is 11.8 Å². The molecule has 2 aliphatic rings. The lowest BCUT2D eigenvalue weighted by atomic mass is 9.88. The zero-order chi connectivity index (χ0) is 20.9. The molecular formula is C24H31N3O3. The quantitative estimate of drug-likeness (QED) is 0.722. The third kappa shape index (κ3) is 4.93. The number of nitrogens with zero attached hydrogens (tertiary/aromatic N) is 2. The zero-order valence-electron chi connectivity index (χ0n) is 17.8. The lowest BCUT2D eigenvalue weighted by molar-refractivity contribution is -0.123. The first-order valence-electron chi connectivity index (χ1n) is 10.8. The van der Waals surface area contributed by atoms with E-state index in [4.69, 9.17) is 9.47 Å². The van der Waals surface area contributed by atoms with Crippen LogP contribution in [-0.4, -0.2) is 43.1 Å². The van der Waals surface area contributed by atoms with E-state index in [1.165, 1.54) is 0 Å². The Morgan fingerprint density at radius 1 is 1.20 bits per heavy atom. The number of pyridine rings is 1. The fourth-order valence-electron chi connectivity index (χ4n) is 4.34. The van der Waals surface area contributed by atoms with E-state index in [0.29, 0.717) is 5.92 Å². The maximum Gasteiger partial charge on any atom is 0.223 e. The average molecular weight is 410 g/mol. The number of carbonyl (C=O) groups is 1. The van der Waals surface area contributed by atoms with Crippen LogP contribution in [0.4, 0.5) is 0 Å². The normalized spacial score (nSPS) is 20.4. The largest absolute Gasteiger partial charge is 0.497 e. The van der Waals surface area contributed by atoms with Gasteiger partial charge in [0.1, 0.15) is 11.5 Å². The van der Waals surface area contributed by atoms with Crippen molar-refractivity contribution in [3.05, 3.63) is 53.9 Å². The number of piperidine rings is 1. The number of ether oxygens (including phenoxy) is 2. The highest BCUT2D eigenvalue weighted by atomic mass is 16.5. The summed E-state index contributed by atoms with van der Waals surface area (Å²) in [5, 5.41) is 3.32. The molecule has 1 saturated heterocycles. The number of hydrogen-bond donors (Lipinski definition) is 1. The summed E-state index contributed by atoms with van der Waals surface area (Å²) in [6.07, 6.45) is 6.02. The first kappa shape index (κ1) is 20.7. The van der Waals surface area contributed by atoms with Crippen LogP contribution in [0.3, 0.4) is 0 Å². The van der Waals surface area contributed by atoms with Gasteiger partial charge in [0.05, 0.1) is 26.0 Å². The first-order valence-corrected chi connectivity index (χ1v) is 10.8. The van der Waals surface area contributed by atoms with Gasteiger partial charge in [0.2, 0.25) is 5.91 Å². The summed E-state index contributed by atoms with van der Waals surface area (Å²) in [4.78, 5) is 19.6. The maximum absolute atomic E-state index is 12.6. The molecule has 160 valence electrons. The Kier molecular flexibility index (Phi) is 6.53. The monoisotopic (exact) mass is 409 g/mol. The van der Waals surface area contributed by atoms with E-state index < -0.39 is 0 Å². The van der Waals surface area contributed by atoms with Gasteiger partial charge in [0, 0.05) is 36.8 Å². The van der Waals surface area contributed by atoms with Crippen molar-refractivity contribution in [2.75, 3.05) is 27.3 Å². The molecule has 0 spiro atoms. The van der Waals surface area contributed by atoms with Crippen molar-refractivity contribution in [1.29, 1.82) is 0 Å². The van der Waals surface area contributed by atoms with Gasteiger partial charge in [-0.1, -0.05) is 12.1 Å². The van der Waals surface area contributed by atoms with Crippen molar-refractivity contribution in [2.24, 2.45) is 11.8 Å². The van der Waals surface area contributed by atoms with E-state index in [0.717, 1.165) is 68.1 Å². The molecule has 2 aromatic rings. The standard InChI is InChI=1S/C24H31N3O3/c1-29-20-11-10-18(22(14-20)30-2)15-27-13-5-6-19(16-27)23(21-7-3-4-12-25-21)26-24(28)17-8-9-17/h3-4,7,10-12,14,17,19,23H,5-6,8-9,13,15-16H2,1-2H3,(H,26,28)/t19-,23+/m0/s1. The van der Waals surface area contributed by atoms with E-state index >= 15 is 0 Å². The van der Waals surface area contributed by atoms with E-state index in [9.17, 15) is 4.79 Å². The van der Waals surface area contributed by atoms with Crippen LogP contribution in [-0.2, 0) is 11.3 Å². The first-order chi connectivity index (χ1) is 14.7. The number of nitrogens with one attached hydrogen (secondary N) is 1. The fourth-order valence-corrected chi connectivity index (χ4v) is 4.34. The van der Waals surface area contributed by atoms with E-state index in [-0.39, 0.29) is 17.9 Å². The molecule has 0 radical (unpaired) electrons. The number of rotatable bonds is 8. The molecule has 0 unspecified atom stereocenters. The Hall–Kier alpha value is -2.60. The molecule has 1 aromatic heterocycles. The molecule has 2 atom stereocenters. The molecule has 2 fully saturated rings. The second-order valence-corrected chi connectivity index (χ2v) is 8.33. The Morgan fingerprint density at radius 3 is 2.77 bits per heavy atom. The van der Waals surface area contributed by atoms with Crippen LogP contribution in [0.15, 0.2) is 42.6 Å². The Labute approximate surface area is 178 Å². The van der Waals surface area contributed by atoms with Crippen molar-refractivity contribution in [2.45, 2.75) is 38.3 Å². The SMILES string of the molecule is COc1ccc(CN2CCC[C@H]([C@@H](NC(=O)C3CC3)c3ccccn3)C2)c(OC)c1. The average Bonchev–Trinajstić information content (AvgIpc) is 3.64. The van der Waals surface area contributed by atoms with Gasteiger partial charge in [-0.05, 0) is 56.3 Å². The van der Waals surface area contributed by atoms with Crippen LogP contribution in [0.25, 0.3) is 0 Å². The van der Waals surface area contributed by atoms with Gasteiger partial charge >= 0.3 is 0 Å². The van der Waals surface area contributed by atoms with E-state index in [1.54, 1.807) is 14.2 Å². The minimum Gasteiger partial charge on any atom is -0.497 e. The molecule has 1 N–H and O–H groups in total. The predicted molar refractivity (Wildman–Crippen MR) is 115 cm³/mol. The second-order valence-electron chi connectivity index (χ2n) is 8.33. The topological polar surface area (TPSA) is 63.7 Å². The molecule has 4 rings (SSSR count). The van der Waals surface area contributed by atoms with Gasteiger partial charge in [0.15, 0.2) is 0 Å². The molecule has 1 saturated carbocycles. The minimum atomic E-state index is -0.0418. The highest BCUT2D eigenvalue weighted by Crippen LogP contribution is 2.34. The molecule has 1 aliphatic carbocycles. The van der Waals surface area contributed by atoms with Crippen molar-refractivity contribution in [3.63, 3.8) is 0 Å². The van der Waals surface area contributed by atoms with Crippen molar-refractivity contribution in [1.82, 2.24) is 15.2 Å². The Morgan fingerprint density at radius 2 is 2.07 bits per heavy atom. The van der Waals surface area contributed by atoms with Gasteiger partial charge in [-0.15, -0.1) is 0 Å². The van der Waals surface area contributed by atoms with Gasteiger partial charge in [0.25, 0.3) is 0 Å². The van der Waals surface area contributed by atoms with Gasteiger partial charge in [-0.2, -0.15) is 0 Å². The zero-order valence-corrected chi connectivity index (χ0v) is 17.8. The number of hydrogen-bond acceptors (Lipinski definition) is 5. The summed E-state index contributed by atoms with van der Waals surface area (Å²) in [5.41, 5.74) is 2.11. The number of amides is 1. The van der Waals surface area contributed by atoms with Crippen LogP contribution in [0.2, 0.25) is 0 Å². The second kappa shape index (κ2) is 9.47. The molecule has 30 heavy (non-hydrogen) atoms. The summed E-state index contributed by atoms with van der Waals surface area (Å²) >= 11 is 0. The summed E-state index contributed by atoms with van der Waals surface area (Å²) in [5.74, 6) is 2.35. The Bertz CT molecular complexity index is 854. The van der Waals surface area contributed by atoms with Crippen LogP contribution >= 0.6 is 0 Å². The van der Waals surface area contributed by atoms with Crippen LogP contribution < -0.4 is 14.8 Å². The van der Waals surface area contributed by atoms with Crippen LogP contribution in [0.1, 0.15) is 43.0 Å². The molecule has 1 aromatic carbocycles. The summed E-state index contributed by atoms with van der Waals surface area (Å²) < 4.78 is 10.9. The van der Waals surface area contributed by atoms with E-state index in [2.05, 4.69) is 21.3 Å². The van der Waals surface area contributed by atoms with Gasteiger partial charge in [-0.25, -0.2) is 0 Å². The number of carbonyl (C=O) groups excluding carboxylic acids is 1. The number of benzene rings is 1. The molecular weight excluding hydrogens is 378 g/mol. The van der Waals surface area contributed by atoms with Crippen molar-refractivity contribution >= 4 is 5.91 Å². The highest BCUT2D eigenvalue weighted by Gasteiger charge is 2.35. The minimum absolute atomic E-state index is 0.0418. The Balaban J connectivity index is 1.49. The third-order valence-electron chi connectivity index (χ3n) is 6.15. The van der Waals surface area contributed by atoms with Gasteiger partial charge in [-0.3, -0.25) is 14.7 Å². The smallest absolute Gasteiger partial charge is 0.223 e. The number of methoxy groups -OCH3 is 2. The van der Waals surface area contributed by atoms with E-state index in [1.807, 2.05) is 36.5 Å². The lowest BCUT2D eigenvalue weighted by Gasteiger charge is -2.37. The molecule has 6 nitrogen and oxygen atoms in total. The summed E-state index contributed by atoms with van der Waals surface area (Å²) in [7, 11) is 3.36. The maximum atomic E-state index is 12.6. The molecule has 1 aliphatic heterocycles. The molecule has 6 heteroatoms. The van der Waals surface area contributed by atoms with Crippen molar-refractivity contribution < 1.29 is 14.3 Å². The number of likely N-dealkylation sites (tertiary alicyclic amines) is 1. The molecule has 1 amide bonds. The predicted octanol–water partition coefficient (Wildman–Crippen LogP) is 3.58. The highest BCUT2D eigenvalue weighted by molar-refractivity contribution is 5.81. The molecule has 0 bridgehead atoms. The lowest BCUT2D eigenvalue weighted by Crippen LogP contribution is -2.43. The molecule has 2 heterocycles. The van der Waals surface area contributed by atoms with Gasteiger partial charge < -0.3 is 14.8 Å². The van der Waals surface area contributed by atoms with Crippen molar-refractivity contribution in [3.8, 4) is 11.5 Å². The third-order valence-corrected chi connectivity index (χ3v) is 6.15. The fraction of sp³-hybridized carbons (Fsp3) is 0.500. The summed E-state index contributed by atoms with van der Waals surface area (Å²) in [6.45, 7) is 2.77. The van der Waals surface area contributed by atoms with Crippen LogP contribution in [0.5, 0.6) is 11.5 Å².